The molecule has 0 spiro atoms. The van der Waals surface area contributed by atoms with E-state index in [4.69, 9.17) is 10.3 Å². The highest BCUT2D eigenvalue weighted by Gasteiger charge is 2.24. The van der Waals surface area contributed by atoms with Crippen molar-refractivity contribution in [2.24, 2.45) is 5.73 Å². The number of nitrogens with zero attached hydrogens (tertiary/aromatic N) is 2. The molecule has 1 fully saturated rings. The summed E-state index contributed by atoms with van der Waals surface area (Å²) in [4.78, 5) is 4.55. The Kier molecular flexibility index (Phi) is 4.17. The third kappa shape index (κ3) is 3.27. The molecule has 1 aromatic carbocycles. The first kappa shape index (κ1) is 13.8. The smallest absolute Gasteiger partial charge is 0.229 e. The maximum atomic E-state index is 5.92. The fourth-order valence-corrected chi connectivity index (χ4v) is 2.92. The van der Waals surface area contributed by atoms with Gasteiger partial charge in [-0.2, -0.15) is 4.98 Å². The zero-order chi connectivity index (χ0) is 13.9. The molecule has 0 bridgehead atoms. The van der Waals surface area contributed by atoms with E-state index < -0.39 is 0 Å². The van der Waals surface area contributed by atoms with E-state index in [-0.39, 0.29) is 0 Å². The summed E-state index contributed by atoms with van der Waals surface area (Å²) in [7, 11) is 0. The molecule has 1 aliphatic carbocycles. The van der Waals surface area contributed by atoms with Crippen LogP contribution in [0.25, 0.3) is 0 Å². The maximum absolute atomic E-state index is 5.92. The van der Waals surface area contributed by atoms with Crippen LogP contribution in [-0.2, 0) is 6.42 Å². The summed E-state index contributed by atoms with van der Waals surface area (Å²) in [6.45, 7) is 0. The Morgan fingerprint density at radius 3 is 2.55 bits per heavy atom. The van der Waals surface area contributed by atoms with Crippen molar-refractivity contribution >= 4 is 15.9 Å². The average molecular weight is 336 g/mol. The minimum atomic E-state index is 0.344. The van der Waals surface area contributed by atoms with Gasteiger partial charge in [0.05, 0.1) is 0 Å². The molecule has 20 heavy (non-hydrogen) atoms. The predicted molar refractivity (Wildman–Crippen MR) is 80.4 cm³/mol. The second-order valence-electron chi connectivity index (χ2n) is 5.46. The van der Waals surface area contributed by atoms with Crippen molar-refractivity contribution in [1.29, 1.82) is 0 Å². The number of halogens is 1. The lowest BCUT2D eigenvalue weighted by Gasteiger charge is -2.22. The lowest BCUT2D eigenvalue weighted by atomic mass is 9.86. The van der Waals surface area contributed by atoms with Gasteiger partial charge in [-0.1, -0.05) is 33.2 Å². The van der Waals surface area contributed by atoms with Crippen LogP contribution in [0.3, 0.4) is 0 Å². The van der Waals surface area contributed by atoms with E-state index in [1.54, 1.807) is 0 Å². The molecule has 2 N–H and O–H groups in total. The van der Waals surface area contributed by atoms with Crippen LogP contribution < -0.4 is 5.73 Å². The Labute approximate surface area is 126 Å². The van der Waals surface area contributed by atoms with Gasteiger partial charge in [-0.15, -0.1) is 0 Å². The quantitative estimate of drug-likeness (QED) is 0.933. The van der Waals surface area contributed by atoms with Gasteiger partial charge in [0, 0.05) is 22.9 Å². The standard InChI is InChI=1S/C15H18BrN3O/c16-12-5-1-10(2-6-12)9-14-18-15(20-19-14)11-3-7-13(17)8-4-11/h1-2,5-6,11,13H,3-4,7-9,17H2. The highest BCUT2D eigenvalue weighted by atomic mass is 79.9. The van der Waals surface area contributed by atoms with Gasteiger partial charge in [-0.05, 0) is 43.4 Å². The minimum Gasteiger partial charge on any atom is -0.339 e. The molecule has 0 unspecified atom stereocenters. The molecular weight excluding hydrogens is 318 g/mol. The number of benzene rings is 1. The van der Waals surface area contributed by atoms with E-state index in [1.165, 1.54) is 5.56 Å². The fourth-order valence-electron chi connectivity index (χ4n) is 2.66. The van der Waals surface area contributed by atoms with Gasteiger partial charge in [0.25, 0.3) is 0 Å². The molecule has 0 aliphatic heterocycles. The van der Waals surface area contributed by atoms with E-state index >= 15 is 0 Å². The summed E-state index contributed by atoms with van der Waals surface area (Å²) in [5.74, 6) is 1.93. The number of nitrogens with two attached hydrogens (primary N) is 1. The molecule has 3 rings (SSSR count). The number of hydrogen-bond acceptors (Lipinski definition) is 4. The third-order valence-corrected chi connectivity index (χ3v) is 4.41. The highest BCUT2D eigenvalue weighted by Crippen LogP contribution is 2.31. The van der Waals surface area contributed by atoms with Crippen LogP contribution in [0, 0.1) is 0 Å². The Balaban J connectivity index is 1.66. The molecule has 0 saturated heterocycles. The van der Waals surface area contributed by atoms with Crippen LogP contribution in [0.1, 0.15) is 48.9 Å². The Morgan fingerprint density at radius 2 is 1.85 bits per heavy atom. The first-order valence-electron chi connectivity index (χ1n) is 7.03. The van der Waals surface area contributed by atoms with Crippen molar-refractivity contribution in [3.63, 3.8) is 0 Å². The van der Waals surface area contributed by atoms with E-state index in [0.717, 1.165) is 41.9 Å². The molecule has 1 saturated carbocycles. The SMILES string of the molecule is NC1CCC(c2nc(Cc3ccc(Br)cc3)no2)CC1. The first-order chi connectivity index (χ1) is 9.70. The van der Waals surface area contributed by atoms with Crippen molar-refractivity contribution in [3.8, 4) is 0 Å². The van der Waals surface area contributed by atoms with Crippen LogP contribution in [0.15, 0.2) is 33.3 Å². The zero-order valence-electron chi connectivity index (χ0n) is 11.3. The van der Waals surface area contributed by atoms with Gasteiger partial charge in [0.2, 0.25) is 5.89 Å². The molecule has 1 aliphatic rings. The van der Waals surface area contributed by atoms with Crippen LogP contribution in [0.4, 0.5) is 0 Å². The molecular formula is C15H18BrN3O. The molecule has 0 radical (unpaired) electrons. The first-order valence-corrected chi connectivity index (χ1v) is 7.82. The zero-order valence-corrected chi connectivity index (χ0v) is 12.8. The molecule has 0 atom stereocenters. The van der Waals surface area contributed by atoms with Gasteiger partial charge < -0.3 is 10.3 Å². The van der Waals surface area contributed by atoms with Gasteiger partial charge in [-0.3, -0.25) is 0 Å². The molecule has 5 heteroatoms. The fraction of sp³-hybridized carbons (Fsp3) is 0.467. The minimum absolute atomic E-state index is 0.344. The number of rotatable bonds is 3. The number of aromatic nitrogens is 2. The molecule has 0 amide bonds. The molecule has 1 aromatic heterocycles. The summed E-state index contributed by atoms with van der Waals surface area (Å²) in [5.41, 5.74) is 7.11. The van der Waals surface area contributed by atoms with Crippen LogP contribution in [0.2, 0.25) is 0 Å². The van der Waals surface area contributed by atoms with Gasteiger partial charge in [0.1, 0.15) is 0 Å². The Morgan fingerprint density at radius 1 is 1.15 bits per heavy atom. The molecule has 1 heterocycles. The van der Waals surface area contributed by atoms with Crippen molar-refractivity contribution in [3.05, 3.63) is 46.0 Å². The highest BCUT2D eigenvalue weighted by molar-refractivity contribution is 9.10. The van der Waals surface area contributed by atoms with E-state index in [9.17, 15) is 0 Å². The topological polar surface area (TPSA) is 64.9 Å². The summed E-state index contributed by atoms with van der Waals surface area (Å²) < 4.78 is 6.50. The summed E-state index contributed by atoms with van der Waals surface area (Å²) in [6.07, 6.45) is 4.93. The lowest BCUT2D eigenvalue weighted by Crippen LogP contribution is -2.25. The normalized spacial score (nSPS) is 22.9. The predicted octanol–water partition coefficient (Wildman–Crippen LogP) is 3.41. The maximum Gasteiger partial charge on any atom is 0.229 e. The average Bonchev–Trinajstić information content (AvgIpc) is 2.91. The third-order valence-electron chi connectivity index (χ3n) is 3.88. The largest absolute Gasteiger partial charge is 0.339 e. The molecule has 4 nitrogen and oxygen atoms in total. The van der Waals surface area contributed by atoms with E-state index in [0.29, 0.717) is 18.4 Å². The van der Waals surface area contributed by atoms with E-state index in [1.807, 2.05) is 12.1 Å². The Bertz CT molecular complexity index is 559. The van der Waals surface area contributed by atoms with Crippen molar-refractivity contribution in [2.45, 2.75) is 44.1 Å². The lowest BCUT2D eigenvalue weighted by molar-refractivity contribution is 0.300. The van der Waals surface area contributed by atoms with Gasteiger partial charge >= 0.3 is 0 Å². The second kappa shape index (κ2) is 6.06. The summed E-state index contributed by atoms with van der Waals surface area (Å²) in [5, 5.41) is 4.10. The van der Waals surface area contributed by atoms with Crippen molar-refractivity contribution in [2.75, 3.05) is 0 Å². The second-order valence-corrected chi connectivity index (χ2v) is 6.38. The summed E-state index contributed by atoms with van der Waals surface area (Å²) >= 11 is 3.43. The van der Waals surface area contributed by atoms with Crippen molar-refractivity contribution < 1.29 is 4.52 Å². The Hall–Kier alpha value is -1.20. The van der Waals surface area contributed by atoms with E-state index in [2.05, 4.69) is 38.2 Å². The van der Waals surface area contributed by atoms with Crippen LogP contribution in [0.5, 0.6) is 0 Å². The summed E-state index contributed by atoms with van der Waals surface area (Å²) in [6, 6.07) is 8.54. The van der Waals surface area contributed by atoms with Crippen LogP contribution in [-0.4, -0.2) is 16.2 Å². The van der Waals surface area contributed by atoms with Gasteiger partial charge in [-0.25, -0.2) is 0 Å². The molecule has 2 aromatic rings. The van der Waals surface area contributed by atoms with Crippen LogP contribution >= 0.6 is 15.9 Å². The number of hydrogen-bond donors (Lipinski definition) is 1. The van der Waals surface area contributed by atoms with Crippen molar-refractivity contribution in [1.82, 2.24) is 10.1 Å². The molecule has 106 valence electrons. The van der Waals surface area contributed by atoms with Gasteiger partial charge in [0.15, 0.2) is 5.82 Å². The monoisotopic (exact) mass is 335 g/mol.